The van der Waals surface area contributed by atoms with Crippen LogP contribution >= 0.6 is 0 Å². The predicted molar refractivity (Wildman–Crippen MR) is 98.8 cm³/mol. The van der Waals surface area contributed by atoms with Crippen LogP contribution < -0.4 is 10.6 Å². The number of carbonyl (C=O) groups is 1. The molecule has 6 nitrogen and oxygen atoms in total. The minimum absolute atomic E-state index is 0.122. The third-order valence-electron chi connectivity index (χ3n) is 4.36. The van der Waals surface area contributed by atoms with Crippen molar-refractivity contribution in [2.75, 3.05) is 22.1 Å². The molecule has 1 aromatic carbocycles. The SMILES string of the molecule is Cc1ccc(NC(=O)c2cc(NC3CCS(=O)(=O)C3)ccn2)cc1C. The fourth-order valence-electron chi connectivity index (χ4n) is 2.80. The molecule has 0 bridgehead atoms. The maximum atomic E-state index is 12.4. The number of sulfone groups is 1. The van der Waals surface area contributed by atoms with Crippen molar-refractivity contribution in [3.8, 4) is 0 Å². The van der Waals surface area contributed by atoms with Gasteiger partial charge in [0.1, 0.15) is 5.69 Å². The van der Waals surface area contributed by atoms with Gasteiger partial charge in [0.05, 0.1) is 11.5 Å². The zero-order chi connectivity index (χ0) is 18.0. The summed E-state index contributed by atoms with van der Waals surface area (Å²) in [5.74, 6) is 0.0287. The third-order valence-corrected chi connectivity index (χ3v) is 6.13. The molecule has 7 heteroatoms. The molecule has 1 aliphatic rings. The van der Waals surface area contributed by atoms with Crippen molar-refractivity contribution in [1.29, 1.82) is 0 Å². The number of anilines is 2. The highest BCUT2D eigenvalue weighted by atomic mass is 32.2. The molecule has 0 radical (unpaired) electrons. The highest BCUT2D eigenvalue weighted by Crippen LogP contribution is 2.19. The Kier molecular flexibility index (Phi) is 4.76. The number of benzene rings is 1. The molecule has 2 aromatic rings. The molecular weight excluding hydrogens is 338 g/mol. The summed E-state index contributed by atoms with van der Waals surface area (Å²) in [7, 11) is -2.95. The van der Waals surface area contributed by atoms with Crippen molar-refractivity contribution in [2.45, 2.75) is 26.3 Å². The minimum Gasteiger partial charge on any atom is -0.381 e. The van der Waals surface area contributed by atoms with E-state index in [-0.39, 0.29) is 29.1 Å². The summed E-state index contributed by atoms with van der Waals surface area (Å²) in [4.78, 5) is 16.5. The molecule has 1 amide bonds. The summed E-state index contributed by atoms with van der Waals surface area (Å²) in [6.07, 6.45) is 2.12. The fourth-order valence-corrected chi connectivity index (χ4v) is 4.48. The Morgan fingerprint density at radius 1 is 1.12 bits per heavy atom. The van der Waals surface area contributed by atoms with Gasteiger partial charge in [-0.2, -0.15) is 0 Å². The van der Waals surface area contributed by atoms with Crippen LogP contribution in [0.2, 0.25) is 0 Å². The lowest BCUT2D eigenvalue weighted by molar-refractivity contribution is 0.102. The van der Waals surface area contributed by atoms with E-state index in [1.54, 1.807) is 18.3 Å². The van der Waals surface area contributed by atoms with Gasteiger partial charge in [-0.1, -0.05) is 6.07 Å². The minimum atomic E-state index is -2.95. The van der Waals surface area contributed by atoms with Gasteiger partial charge >= 0.3 is 0 Å². The predicted octanol–water partition coefficient (Wildman–Crippen LogP) is 2.55. The van der Waals surface area contributed by atoms with Gasteiger partial charge in [-0.3, -0.25) is 9.78 Å². The standard InChI is InChI=1S/C18H21N3O3S/c1-12-3-4-14(9-13(12)2)21-18(22)17-10-15(5-7-19-17)20-16-6-8-25(23,24)11-16/h3-5,7,9-10,16H,6,8,11H2,1-2H3,(H,19,20)(H,21,22). The first-order valence-electron chi connectivity index (χ1n) is 8.14. The van der Waals surface area contributed by atoms with E-state index in [0.717, 1.165) is 16.8 Å². The van der Waals surface area contributed by atoms with Gasteiger partial charge in [0.2, 0.25) is 0 Å². The molecule has 3 rings (SSSR count). The molecule has 1 saturated heterocycles. The molecule has 1 fully saturated rings. The second-order valence-electron chi connectivity index (χ2n) is 6.43. The van der Waals surface area contributed by atoms with E-state index < -0.39 is 9.84 Å². The molecule has 1 unspecified atom stereocenters. The first-order chi connectivity index (χ1) is 11.8. The van der Waals surface area contributed by atoms with Crippen LogP contribution in [0.25, 0.3) is 0 Å². The van der Waals surface area contributed by atoms with E-state index in [1.165, 1.54) is 0 Å². The molecule has 0 saturated carbocycles. The van der Waals surface area contributed by atoms with Crippen molar-refractivity contribution in [1.82, 2.24) is 4.98 Å². The Labute approximate surface area is 147 Å². The number of nitrogens with one attached hydrogen (secondary N) is 2. The van der Waals surface area contributed by atoms with E-state index in [4.69, 9.17) is 0 Å². The number of nitrogens with zero attached hydrogens (tertiary/aromatic N) is 1. The van der Waals surface area contributed by atoms with Gasteiger partial charge in [-0.15, -0.1) is 0 Å². The van der Waals surface area contributed by atoms with E-state index in [0.29, 0.717) is 12.1 Å². The van der Waals surface area contributed by atoms with Crippen LogP contribution in [0.3, 0.4) is 0 Å². The van der Waals surface area contributed by atoms with Crippen molar-refractivity contribution >= 4 is 27.1 Å². The number of pyridine rings is 1. The van der Waals surface area contributed by atoms with Gasteiger partial charge in [0.15, 0.2) is 9.84 Å². The van der Waals surface area contributed by atoms with Crippen molar-refractivity contribution in [3.05, 3.63) is 53.3 Å². The Morgan fingerprint density at radius 3 is 2.60 bits per heavy atom. The van der Waals surface area contributed by atoms with Crippen molar-refractivity contribution in [3.63, 3.8) is 0 Å². The van der Waals surface area contributed by atoms with Crippen LogP contribution in [0.1, 0.15) is 28.0 Å². The van der Waals surface area contributed by atoms with Crippen molar-refractivity contribution < 1.29 is 13.2 Å². The number of carbonyl (C=O) groups excluding carboxylic acids is 1. The number of hydrogen-bond acceptors (Lipinski definition) is 5. The van der Waals surface area contributed by atoms with E-state index >= 15 is 0 Å². The highest BCUT2D eigenvalue weighted by Gasteiger charge is 2.27. The third kappa shape index (κ3) is 4.36. The monoisotopic (exact) mass is 359 g/mol. The van der Waals surface area contributed by atoms with Crippen LogP contribution in [0.5, 0.6) is 0 Å². The van der Waals surface area contributed by atoms with Crippen LogP contribution in [0.15, 0.2) is 36.5 Å². The normalized spacial score (nSPS) is 18.7. The maximum Gasteiger partial charge on any atom is 0.274 e. The second-order valence-corrected chi connectivity index (χ2v) is 8.66. The quantitative estimate of drug-likeness (QED) is 0.876. The molecule has 0 aliphatic carbocycles. The molecule has 2 heterocycles. The van der Waals surface area contributed by atoms with Crippen molar-refractivity contribution in [2.24, 2.45) is 0 Å². The number of aryl methyl sites for hydroxylation is 2. The number of rotatable bonds is 4. The lowest BCUT2D eigenvalue weighted by Gasteiger charge is -2.13. The lowest BCUT2D eigenvalue weighted by atomic mass is 10.1. The molecule has 132 valence electrons. The smallest absolute Gasteiger partial charge is 0.274 e. The van der Waals surface area contributed by atoms with Gasteiger partial charge < -0.3 is 10.6 Å². The van der Waals surface area contributed by atoms with Gasteiger partial charge in [0, 0.05) is 23.6 Å². The average molecular weight is 359 g/mol. The Balaban J connectivity index is 1.70. The first-order valence-corrected chi connectivity index (χ1v) is 9.96. The molecule has 1 aliphatic heterocycles. The zero-order valence-electron chi connectivity index (χ0n) is 14.2. The molecule has 1 atom stereocenters. The Hall–Kier alpha value is -2.41. The molecule has 25 heavy (non-hydrogen) atoms. The van der Waals surface area contributed by atoms with E-state index in [9.17, 15) is 13.2 Å². The summed E-state index contributed by atoms with van der Waals surface area (Å²) >= 11 is 0. The largest absolute Gasteiger partial charge is 0.381 e. The first kappa shape index (κ1) is 17.4. The highest BCUT2D eigenvalue weighted by molar-refractivity contribution is 7.91. The Bertz CT molecular complexity index is 910. The second kappa shape index (κ2) is 6.84. The lowest BCUT2D eigenvalue weighted by Crippen LogP contribution is -2.21. The average Bonchev–Trinajstić information content (AvgIpc) is 2.90. The maximum absolute atomic E-state index is 12.4. The molecular formula is C18H21N3O3S. The summed E-state index contributed by atoms with van der Waals surface area (Å²) in [6.45, 7) is 4.00. The number of amides is 1. The van der Waals surface area contributed by atoms with Crippen LogP contribution in [-0.4, -0.2) is 36.9 Å². The summed E-state index contributed by atoms with van der Waals surface area (Å²) < 4.78 is 23.1. The van der Waals surface area contributed by atoms with Crippen LogP contribution in [-0.2, 0) is 9.84 Å². The number of aromatic nitrogens is 1. The van der Waals surface area contributed by atoms with Gasteiger partial charge in [-0.25, -0.2) is 8.42 Å². The summed E-state index contributed by atoms with van der Waals surface area (Å²) in [5.41, 5.74) is 3.96. The zero-order valence-corrected chi connectivity index (χ0v) is 15.1. The summed E-state index contributed by atoms with van der Waals surface area (Å²) in [6, 6.07) is 8.98. The van der Waals surface area contributed by atoms with Crippen LogP contribution in [0, 0.1) is 13.8 Å². The van der Waals surface area contributed by atoms with E-state index in [2.05, 4.69) is 15.6 Å². The summed E-state index contributed by atoms with van der Waals surface area (Å²) in [5, 5.41) is 6.01. The topological polar surface area (TPSA) is 88.2 Å². The molecule has 2 N–H and O–H groups in total. The van der Waals surface area contributed by atoms with Gasteiger partial charge in [0.25, 0.3) is 5.91 Å². The molecule has 0 spiro atoms. The fraction of sp³-hybridized carbons (Fsp3) is 0.333. The number of hydrogen-bond donors (Lipinski definition) is 2. The molecule has 1 aromatic heterocycles. The van der Waals surface area contributed by atoms with E-state index in [1.807, 2.05) is 32.0 Å². The van der Waals surface area contributed by atoms with Gasteiger partial charge in [-0.05, 0) is 55.7 Å². The van der Waals surface area contributed by atoms with Crippen LogP contribution in [0.4, 0.5) is 11.4 Å². The Morgan fingerprint density at radius 2 is 1.92 bits per heavy atom.